The lowest BCUT2D eigenvalue weighted by molar-refractivity contribution is 0.0999. The third kappa shape index (κ3) is 5.11. The Labute approximate surface area is 176 Å². The fraction of sp³-hybridized carbons (Fsp3) is 0.125. The number of hydrogen-bond donors (Lipinski definition) is 1. The van der Waals surface area contributed by atoms with Crippen LogP contribution in [0.2, 0.25) is 0 Å². The average Bonchev–Trinajstić information content (AvgIpc) is 2.71. The first-order chi connectivity index (χ1) is 14.3. The summed E-state index contributed by atoms with van der Waals surface area (Å²) in [6.45, 7) is 14.7. The van der Waals surface area contributed by atoms with E-state index in [1.54, 1.807) is 43.5 Å². The van der Waals surface area contributed by atoms with Crippen LogP contribution in [-0.2, 0) is 0 Å². The first-order valence-corrected chi connectivity index (χ1v) is 9.11. The van der Waals surface area contributed by atoms with Crippen LogP contribution >= 0.6 is 0 Å². The summed E-state index contributed by atoms with van der Waals surface area (Å²) in [5.41, 5.74) is 9.05. The van der Waals surface area contributed by atoms with Crippen LogP contribution in [0.1, 0.15) is 32.6 Å². The fourth-order valence-electron chi connectivity index (χ4n) is 2.97. The van der Waals surface area contributed by atoms with E-state index < -0.39 is 5.91 Å². The first-order valence-electron chi connectivity index (χ1n) is 9.11. The molecule has 6 heteroatoms. The van der Waals surface area contributed by atoms with Crippen molar-refractivity contribution >= 4 is 24.2 Å². The molecule has 0 atom stereocenters. The number of amidine groups is 1. The lowest BCUT2D eigenvalue weighted by Crippen LogP contribution is -2.14. The minimum absolute atomic E-state index is 0.380. The number of nitrogens with zero attached hydrogens (tertiary/aromatic N) is 2. The van der Waals surface area contributed by atoms with E-state index in [9.17, 15) is 4.79 Å². The quantitative estimate of drug-likeness (QED) is 0.302. The van der Waals surface area contributed by atoms with Crippen LogP contribution in [-0.4, -0.2) is 25.6 Å². The lowest BCUT2D eigenvalue weighted by atomic mass is 9.98. The van der Waals surface area contributed by atoms with Crippen molar-refractivity contribution in [3.05, 3.63) is 89.7 Å². The van der Waals surface area contributed by atoms with Gasteiger partial charge in [-0.05, 0) is 56.0 Å². The molecule has 2 aromatic rings. The van der Waals surface area contributed by atoms with Crippen LogP contribution in [0.15, 0.2) is 71.8 Å². The molecule has 154 valence electrons. The average molecular weight is 403 g/mol. The van der Waals surface area contributed by atoms with Gasteiger partial charge in [-0.25, -0.2) is 9.98 Å². The van der Waals surface area contributed by atoms with Gasteiger partial charge in [-0.15, -0.1) is 0 Å². The van der Waals surface area contributed by atoms with Crippen LogP contribution in [0, 0.1) is 13.8 Å². The van der Waals surface area contributed by atoms with Gasteiger partial charge in [0.05, 0.1) is 7.11 Å². The second kappa shape index (κ2) is 10.0. The summed E-state index contributed by atoms with van der Waals surface area (Å²) in [5, 5.41) is 0. The van der Waals surface area contributed by atoms with Crippen molar-refractivity contribution in [1.29, 1.82) is 0 Å². The van der Waals surface area contributed by atoms with Crippen LogP contribution in [0.25, 0.3) is 5.76 Å². The molecule has 0 saturated heterocycles. The number of hydrogen-bond acceptors (Lipinski definition) is 4. The number of primary amides is 1. The Morgan fingerprint density at radius 1 is 1.03 bits per heavy atom. The van der Waals surface area contributed by atoms with Crippen molar-refractivity contribution in [1.82, 2.24) is 0 Å². The molecule has 0 bridgehead atoms. The second-order valence-corrected chi connectivity index (χ2v) is 6.41. The van der Waals surface area contributed by atoms with Crippen molar-refractivity contribution in [2.75, 3.05) is 7.11 Å². The van der Waals surface area contributed by atoms with E-state index in [-0.39, 0.29) is 0 Å². The Hall–Kier alpha value is -3.93. The zero-order chi connectivity index (χ0) is 22.3. The number of benzene rings is 2. The molecule has 0 heterocycles. The van der Waals surface area contributed by atoms with Gasteiger partial charge in [0.2, 0.25) is 5.91 Å². The smallest absolute Gasteiger partial charge is 0.248 e. The summed E-state index contributed by atoms with van der Waals surface area (Å²) in [6, 6.07) is 8.87. The molecule has 0 aromatic heterocycles. The van der Waals surface area contributed by atoms with Crippen LogP contribution in [0.5, 0.6) is 11.5 Å². The number of nitrogens with two attached hydrogens (primary N) is 1. The Balaban J connectivity index is 2.59. The molecule has 2 N–H and O–H groups in total. The third-order valence-corrected chi connectivity index (χ3v) is 4.34. The Morgan fingerprint density at radius 2 is 1.70 bits per heavy atom. The number of methoxy groups -OCH3 is 1. The SMILES string of the molecule is C=C/C=C(/Oc1cc(OC)cc(/C(N=C)=N/C=C)c1)c1cc(C(N)=O)c(C)cc1C. The monoisotopic (exact) mass is 403 g/mol. The van der Waals surface area contributed by atoms with E-state index in [0.29, 0.717) is 34.2 Å². The van der Waals surface area contributed by atoms with E-state index in [2.05, 4.69) is 29.9 Å². The summed E-state index contributed by atoms with van der Waals surface area (Å²) in [5.74, 6) is 1.42. The molecule has 6 nitrogen and oxygen atoms in total. The van der Waals surface area contributed by atoms with Crippen LogP contribution < -0.4 is 15.2 Å². The first kappa shape index (κ1) is 22.4. The molecule has 0 radical (unpaired) electrons. The van der Waals surface area contributed by atoms with E-state index in [0.717, 1.165) is 16.7 Å². The number of rotatable bonds is 8. The van der Waals surface area contributed by atoms with Gasteiger partial charge in [-0.1, -0.05) is 25.3 Å². The fourth-order valence-corrected chi connectivity index (χ4v) is 2.97. The summed E-state index contributed by atoms with van der Waals surface area (Å²) >= 11 is 0. The van der Waals surface area contributed by atoms with Crippen molar-refractivity contribution in [2.45, 2.75) is 13.8 Å². The number of aliphatic imine (C=N–C) groups is 2. The highest BCUT2D eigenvalue weighted by molar-refractivity contribution is 6.02. The number of ether oxygens (including phenoxy) is 2. The van der Waals surface area contributed by atoms with Gasteiger partial charge in [-0.3, -0.25) is 4.79 Å². The number of amides is 1. The Bertz CT molecular complexity index is 1070. The van der Waals surface area contributed by atoms with E-state index in [1.165, 1.54) is 6.20 Å². The Kier molecular flexibility index (Phi) is 7.47. The maximum absolute atomic E-state index is 11.8. The molecule has 0 saturated carbocycles. The Morgan fingerprint density at radius 3 is 2.27 bits per heavy atom. The lowest BCUT2D eigenvalue weighted by Gasteiger charge is -2.16. The topological polar surface area (TPSA) is 86.3 Å². The van der Waals surface area contributed by atoms with Crippen molar-refractivity contribution in [2.24, 2.45) is 15.7 Å². The van der Waals surface area contributed by atoms with Gasteiger partial charge >= 0.3 is 0 Å². The summed E-state index contributed by atoms with van der Waals surface area (Å²) in [4.78, 5) is 19.9. The number of aryl methyl sites for hydroxylation is 2. The molecule has 0 unspecified atom stereocenters. The second-order valence-electron chi connectivity index (χ2n) is 6.41. The largest absolute Gasteiger partial charge is 0.497 e. The van der Waals surface area contributed by atoms with Gasteiger partial charge in [0, 0.05) is 29.0 Å². The molecule has 1 amide bonds. The van der Waals surface area contributed by atoms with Gasteiger partial charge < -0.3 is 15.2 Å². The highest BCUT2D eigenvalue weighted by atomic mass is 16.5. The summed E-state index contributed by atoms with van der Waals surface area (Å²) in [7, 11) is 1.55. The molecule has 0 fully saturated rings. The maximum Gasteiger partial charge on any atom is 0.248 e. The van der Waals surface area contributed by atoms with Gasteiger partial charge in [0.1, 0.15) is 17.3 Å². The predicted molar refractivity (Wildman–Crippen MR) is 123 cm³/mol. The molecule has 0 aliphatic rings. The van der Waals surface area contributed by atoms with Crippen molar-refractivity contribution < 1.29 is 14.3 Å². The molecule has 0 aliphatic heterocycles. The van der Waals surface area contributed by atoms with E-state index in [1.807, 2.05) is 19.9 Å². The molecule has 2 rings (SSSR count). The normalized spacial score (nSPS) is 11.6. The molecular formula is C24H25N3O3. The minimum Gasteiger partial charge on any atom is -0.497 e. The molecule has 0 spiro atoms. The zero-order valence-electron chi connectivity index (χ0n) is 17.4. The highest BCUT2D eigenvalue weighted by Gasteiger charge is 2.15. The van der Waals surface area contributed by atoms with Crippen LogP contribution in [0.3, 0.4) is 0 Å². The maximum atomic E-state index is 11.8. The summed E-state index contributed by atoms with van der Waals surface area (Å²) < 4.78 is 11.5. The molecule has 0 aliphatic carbocycles. The van der Waals surface area contributed by atoms with E-state index in [4.69, 9.17) is 15.2 Å². The molecular weight excluding hydrogens is 378 g/mol. The number of allylic oxidation sites excluding steroid dienone is 2. The zero-order valence-corrected chi connectivity index (χ0v) is 17.4. The van der Waals surface area contributed by atoms with Gasteiger partial charge in [-0.2, -0.15) is 0 Å². The third-order valence-electron chi connectivity index (χ3n) is 4.34. The van der Waals surface area contributed by atoms with Crippen LogP contribution in [0.4, 0.5) is 0 Å². The van der Waals surface area contributed by atoms with Crippen molar-refractivity contribution in [3.63, 3.8) is 0 Å². The van der Waals surface area contributed by atoms with Gasteiger partial charge in [0.15, 0.2) is 5.84 Å². The highest BCUT2D eigenvalue weighted by Crippen LogP contribution is 2.30. The molecule has 30 heavy (non-hydrogen) atoms. The van der Waals surface area contributed by atoms with E-state index >= 15 is 0 Å². The standard InChI is InChI=1S/C24H25N3O3/c1-7-9-22(20-14-21(23(25)28)16(4)10-15(20)3)30-19-12-17(11-18(13-19)29-6)24(26-5)27-8-2/h7-14H,1-2,5H2,3-4,6H3,(H2,25,28)/b22-9+,27-24-. The van der Waals surface area contributed by atoms with Crippen molar-refractivity contribution in [3.8, 4) is 11.5 Å². The molecule has 2 aromatic carbocycles. The number of carbonyl (C=O) groups is 1. The van der Waals surface area contributed by atoms with Gasteiger partial charge in [0.25, 0.3) is 0 Å². The predicted octanol–water partition coefficient (Wildman–Crippen LogP) is 4.61. The summed E-state index contributed by atoms with van der Waals surface area (Å²) in [6.07, 6.45) is 4.70. The number of carbonyl (C=O) groups excluding carboxylic acids is 1. The minimum atomic E-state index is -0.502.